The predicted molar refractivity (Wildman–Crippen MR) is 83.0 cm³/mol. The number of nitrogens with zero attached hydrogens (tertiary/aromatic N) is 2. The zero-order valence-electron chi connectivity index (χ0n) is 10.9. The van der Waals surface area contributed by atoms with Crippen molar-refractivity contribution in [2.75, 3.05) is 0 Å². The first-order valence-corrected chi connectivity index (χ1v) is 7.57. The lowest BCUT2D eigenvalue weighted by Crippen LogP contribution is -2.38. The Labute approximate surface area is 125 Å². The van der Waals surface area contributed by atoms with E-state index in [0.29, 0.717) is 0 Å². The average Bonchev–Trinajstić information content (AvgIpc) is 3.23. The Bertz CT molecular complexity index is 742. The highest BCUT2D eigenvalue weighted by Crippen LogP contribution is 2.28. The van der Waals surface area contributed by atoms with Crippen LogP contribution in [0.4, 0.5) is 0 Å². The number of benzene rings is 1. The second kappa shape index (κ2) is 5.34. The van der Waals surface area contributed by atoms with Gasteiger partial charge in [0.2, 0.25) is 10.7 Å². The lowest BCUT2D eigenvalue weighted by atomic mass is 10.3. The van der Waals surface area contributed by atoms with Gasteiger partial charge in [0, 0.05) is 13.0 Å². The van der Waals surface area contributed by atoms with Gasteiger partial charge in [-0.15, -0.1) is 5.10 Å². The molecule has 0 bridgehead atoms. The molecule has 104 valence electrons. The number of thiazole rings is 1. The van der Waals surface area contributed by atoms with Gasteiger partial charge in [0.1, 0.15) is 0 Å². The lowest BCUT2D eigenvalue weighted by Gasteiger charge is -2.03. The van der Waals surface area contributed by atoms with E-state index >= 15 is 0 Å². The number of hydrogen-bond donors (Lipinski definition) is 2. The molecule has 1 heterocycles. The fourth-order valence-corrected chi connectivity index (χ4v) is 3.00. The Morgan fingerprint density at radius 2 is 2.20 bits per heavy atom. The van der Waals surface area contributed by atoms with Crippen LogP contribution in [0.2, 0.25) is 0 Å². The molecule has 0 unspecified atom stereocenters. The van der Waals surface area contributed by atoms with Gasteiger partial charge in [0.15, 0.2) is 5.11 Å². The van der Waals surface area contributed by atoms with Crippen molar-refractivity contribution in [2.45, 2.75) is 12.8 Å². The minimum absolute atomic E-state index is 0.0154. The first-order valence-electron chi connectivity index (χ1n) is 6.34. The van der Waals surface area contributed by atoms with Crippen LogP contribution in [0.25, 0.3) is 10.2 Å². The second-order valence-corrected chi connectivity index (χ2v) is 6.14. The summed E-state index contributed by atoms with van der Waals surface area (Å²) >= 11 is 6.62. The normalized spacial score (nSPS) is 15.3. The molecular formula is C13H14N4OS2. The molecule has 1 aromatic heterocycles. The molecule has 0 atom stereocenters. The largest absolute Gasteiger partial charge is 0.318 e. The van der Waals surface area contributed by atoms with Crippen LogP contribution in [0.1, 0.15) is 12.8 Å². The Balaban J connectivity index is 1.75. The zero-order valence-corrected chi connectivity index (χ0v) is 12.6. The molecule has 0 aliphatic heterocycles. The maximum atomic E-state index is 11.6. The van der Waals surface area contributed by atoms with E-state index in [-0.39, 0.29) is 16.9 Å². The van der Waals surface area contributed by atoms with Crippen molar-refractivity contribution in [3.8, 4) is 0 Å². The summed E-state index contributed by atoms with van der Waals surface area (Å²) in [5, 5.41) is 7.15. The van der Waals surface area contributed by atoms with E-state index in [1.54, 1.807) is 11.3 Å². The number of hydrogen-bond acceptors (Lipinski definition) is 4. The van der Waals surface area contributed by atoms with Gasteiger partial charge in [-0.25, -0.2) is 0 Å². The molecule has 0 saturated heterocycles. The molecule has 2 N–H and O–H groups in total. The number of amides is 1. The molecular weight excluding hydrogens is 292 g/mol. The number of aromatic nitrogens is 1. The van der Waals surface area contributed by atoms with E-state index < -0.39 is 0 Å². The minimum atomic E-state index is -0.0154. The van der Waals surface area contributed by atoms with Crippen molar-refractivity contribution in [1.29, 1.82) is 0 Å². The summed E-state index contributed by atoms with van der Waals surface area (Å²) in [7, 11) is 1.95. The van der Waals surface area contributed by atoms with E-state index in [2.05, 4.69) is 15.8 Å². The van der Waals surface area contributed by atoms with Crippen LogP contribution in [-0.4, -0.2) is 15.6 Å². The molecule has 3 rings (SSSR count). The van der Waals surface area contributed by atoms with Crippen molar-refractivity contribution in [2.24, 2.45) is 18.1 Å². The Kier molecular flexibility index (Phi) is 3.54. The number of carbonyl (C=O) groups is 1. The molecule has 20 heavy (non-hydrogen) atoms. The highest BCUT2D eigenvalue weighted by atomic mass is 32.1. The van der Waals surface area contributed by atoms with Gasteiger partial charge in [0.25, 0.3) is 0 Å². The van der Waals surface area contributed by atoms with Crippen LogP contribution >= 0.6 is 23.6 Å². The van der Waals surface area contributed by atoms with Gasteiger partial charge in [-0.2, -0.15) is 0 Å². The van der Waals surface area contributed by atoms with Gasteiger partial charge in [-0.1, -0.05) is 23.5 Å². The monoisotopic (exact) mass is 306 g/mol. The first-order chi connectivity index (χ1) is 9.65. The van der Waals surface area contributed by atoms with E-state index in [1.807, 2.05) is 35.9 Å². The molecule has 1 saturated carbocycles. The van der Waals surface area contributed by atoms with Gasteiger partial charge >= 0.3 is 0 Å². The van der Waals surface area contributed by atoms with Crippen molar-refractivity contribution in [3.63, 3.8) is 0 Å². The minimum Gasteiger partial charge on any atom is -0.318 e. The quantitative estimate of drug-likeness (QED) is 0.652. The third-order valence-corrected chi connectivity index (χ3v) is 4.46. The Hall–Kier alpha value is -1.73. The molecule has 7 heteroatoms. The molecule has 1 aromatic carbocycles. The second-order valence-electron chi connectivity index (χ2n) is 4.73. The maximum Gasteiger partial charge on any atom is 0.229 e. The predicted octanol–water partition coefficient (Wildman–Crippen LogP) is 1.46. The average molecular weight is 306 g/mol. The van der Waals surface area contributed by atoms with E-state index in [1.165, 1.54) is 0 Å². The fraction of sp³-hybridized carbons (Fsp3) is 0.308. The molecule has 5 nitrogen and oxygen atoms in total. The third kappa shape index (κ3) is 2.73. The summed E-state index contributed by atoms with van der Waals surface area (Å²) in [6.45, 7) is 0. The number of fused-ring (bicyclic) bond motifs is 1. The van der Waals surface area contributed by atoms with Gasteiger partial charge in [0.05, 0.1) is 10.2 Å². The van der Waals surface area contributed by atoms with Crippen LogP contribution in [0.3, 0.4) is 0 Å². The van der Waals surface area contributed by atoms with E-state index in [9.17, 15) is 4.79 Å². The lowest BCUT2D eigenvalue weighted by molar-refractivity contribution is -0.120. The van der Waals surface area contributed by atoms with Crippen LogP contribution in [-0.2, 0) is 11.8 Å². The summed E-state index contributed by atoms with van der Waals surface area (Å²) in [4.78, 5) is 12.4. The van der Waals surface area contributed by atoms with Crippen molar-refractivity contribution in [1.82, 2.24) is 15.3 Å². The Morgan fingerprint density at radius 3 is 2.90 bits per heavy atom. The van der Waals surface area contributed by atoms with Crippen LogP contribution in [0.15, 0.2) is 29.4 Å². The SMILES string of the molecule is Cn1/c(=N/NC(=S)NC(=O)C2CC2)sc2ccccc21. The summed E-state index contributed by atoms with van der Waals surface area (Å²) in [5.41, 5.74) is 3.85. The molecule has 1 fully saturated rings. The maximum absolute atomic E-state index is 11.6. The molecule has 1 amide bonds. The molecule has 1 aliphatic rings. The number of para-hydroxylation sites is 1. The molecule has 1 aliphatic carbocycles. The Morgan fingerprint density at radius 1 is 1.45 bits per heavy atom. The summed E-state index contributed by atoms with van der Waals surface area (Å²) < 4.78 is 3.14. The summed E-state index contributed by atoms with van der Waals surface area (Å²) in [5.74, 6) is 0.119. The standard InChI is InChI=1S/C13H14N4OS2/c1-17-9-4-2-3-5-10(9)20-13(17)16-15-12(19)14-11(18)8-6-7-8/h2-5,8H,6-7H2,1H3,(H2,14,15,18,19)/b16-13-. The highest BCUT2D eigenvalue weighted by molar-refractivity contribution is 7.80. The van der Waals surface area contributed by atoms with E-state index in [4.69, 9.17) is 12.2 Å². The highest BCUT2D eigenvalue weighted by Gasteiger charge is 2.29. The van der Waals surface area contributed by atoms with E-state index in [0.717, 1.165) is 27.9 Å². The molecule has 2 aromatic rings. The third-order valence-electron chi connectivity index (χ3n) is 3.15. The first kappa shape index (κ1) is 13.3. The zero-order chi connectivity index (χ0) is 14.1. The van der Waals surface area contributed by atoms with Crippen molar-refractivity contribution < 1.29 is 4.79 Å². The van der Waals surface area contributed by atoms with Gasteiger partial charge in [-0.3, -0.25) is 10.2 Å². The topological polar surface area (TPSA) is 58.4 Å². The number of thiocarbonyl (C=S) groups is 1. The molecule has 0 spiro atoms. The van der Waals surface area contributed by atoms with Crippen LogP contribution in [0, 0.1) is 5.92 Å². The van der Waals surface area contributed by atoms with Gasteiger partial charge < -0.3 is 9.88 Å². The summed E-state index contributed by atoms with van der Waals surface area (Å²) in [6.07, 6.45) is 1.91. The number of aryl methyl sites for hydroxylation is 1. The summed E-state index contributed by atoms with van der Waals surface area (Å²) in [6, 6.07) is 8.08. The van der Waals surface area contributed by atoms with Crippen molar-refractivity contribution >= 4 is 44.8 Å². The number of nitrogens with one attached hydrogen (secondary N) is 2. The number of rotatable bonds is 2. The molecule has 0 radical (unpaired) electrons. The smallest absolute Gasteiger partial charge is 0.229 e. The van der Waals surface area contributed by atoms with Crippen LogP contribution < -0.4 is 15.5 Å². The van der Waals surface area contributed by atoms with Crippen molar-refractivity contribution in [3.05, 3.63) is 29.1 Å². The van der Waals surface area contributed by atoms with Gasteiger partial charge in [-0.05, 0) is 37.2 Å². The number of carbonyl (C=O) groups excluding carboxylic acids is 1. The fourth-order valence-electron chi connectivity index (χ4n) is 1.87. The van der Waals surface area contributed by atoms with Crippen LogP contribution in [0.5, 0.6) is 0 Å².